The molecule has 1 aliphatic heterocycles. The number of nitrogens with one attached hydrogen (secondary N) is 1. The van der Waals surface area contributed by atoms with E-state index in [1.807, 2.05) is 26.1 Å². The van der Waals surface area contributed by atoms with E-state index in [-0.39, 0.29) is 17.7 Å². The summed E-state index contributed by atoms with van der Waals surface area (Å²) in [5.41, 5.74) is 3.05. The maximum atomic E-state index is 14.5. The molecule has 1 N–H and O–H groups in total. The number of ether oxygens (including phenoxy) is 2. The van der Waals surface area contributed by atoms with Gasteiger partial charge in [0, 0.05) is 18.5 Å². The molecule has 0 amide bonds. The first-order valence-corrected chi connectivity index (χ1v) is 11.3. The molecule has 1 saturated heterocycles. The van der Waals surface area contributed by atoms with E-state index in [0.29, 0.717) is 37.4 Å². The van der Waals surface area contributed by atoms with Gasteiger partial charge in [0.15, 0.2) is 5.82 Å². The summed E-state index contributed by atoms with van der Waals surface area (Å²) in [6.45, 7) is 6.74. The molecule has 1 aliphatic carbocycles. The number of hydrogen-bond acceptors (Lipinski definition) is 7. The molecule has 0 radical (unpaired) electrons. The molecule has 2 aromatic heterocycles. The van der Waals surface area contributed by atoms with Gasteiger partial charge in [-0.3, -0.25) is 4.98 Å². The van der Waals surface area contributed by atoms with Gasteiger partial charge in [0.1, 0.15) is 0 Å². The molecule has 2 fully saturated rings. The highest BCUT2D eigenvalue weighted by Gasteiger charge is 2.40. The van der Waals surface area contributed by atoms with Crippen LogP contribution in [0.5, 0.6) is 0 Å². The van der Waals surface area contributed by atoms with E-state index in [2.05, 4.69) is 31.5 Å². The molecule has 1 saturated carbocycles. The normalized spacial score (nSPS) is 17.9. The fraction of sp³-hybridized carbons (Fsp3) is 0.458. The lowest BCUT2D eigenvalue weighted by Gasteiger charge is -2.28. The Balaban J connectivity index is 1.42. The number of halogens is 2. The first kappa shape index (κ1) is 21.9. The van der Waals surface area contributed by atoms with Crippen molar-refractivity contribution in [1.29, 1.82) is 0 Å². The second-order valence-electron chi connectivity index (χ2n) is 8.65. The monoisotopic (exact) mass is 455 g/mol. The molecule has 33 heavy (non-hydrogen) atoms. The van der Waals surface area contributed by atoms with E-state index in [1.165, 1.54) is 12.1 Å². The first-order valence-electron chi connectivity index (χ1n) is 11.3. The van der Waals surface area contributed by atoms with Crippen molar-refractivity contribution < 1.29 is 18.3 Å². The smallest absolute Gasteiger partial charge is 0.378 e. The van der Waals surface area contributed by atoms with Crippen molar-refractivity contribution >= 4 is 22.4 Å². The molecular formula is C24H27F2N5O2. The summed E-state index contributed by atoms with van der Waals surface area (Å²) in [7, 11) is 0. The molecular weight excluding hydrogens is 428 g/mol. The number of rotatable bonds is 7. The number of nitrogens with zero attached hydrogens (tertiary/aromatic N) is 4. The molecule has 7 nitrogen and oxygen atoms in total. The van der Waals surface area contributed by atoms with E-state index in [9.17, 15) is 8.78 Å². The molecule has 174 valence electrons. The van der Waals surface area contributed by atoms with Gasteiger partial charge in [0.05, 0.1) is 54.0 Å². The van der Waals surface area contributed by atoms with Crippen LogP contribution in [0.15, 0.2) is 36.5 Å². The van der Waals surface area contributed by atoms with Crippen molar-refractivity contribution in [3.05, 3.63) is 53.3 Å². The van der Waals surface area contributed by atoms with Gasteiger partial charge in [0.2, 0.25) is 0 Å². The highest BCUT2D eigenvalue weighted by atomic mass is 19.3. The molecule has 3 heterocycles. The quantitative estimate of drug-likeness (QED) is 0.559. The molecule has 1 aromatic carbocycles. The summed E-state index contributed by atoms with van der Waals surface area (Å²) < 4.78 is 39.4. The van der Waals surface area contributed by atoms with Gasteiger partial charge in [0.25, 0.3) is 0 Å². The topological polar surface area (TPSA) is 72.4 Å². The Labute approximate surface area is 191 Å². The summed E-state index contributed by atoms with van der Waals surface area (Å²) in [5, 5.41) is 12.8. The number of hydrogen-bond donors (Lipinski definition) is 1. The van der Waals surface area contributed by atoms with Gasteiger partial charge in [-0.1, -0.05) is 18.2 Å². The number of benzene rings is 1. The summed E-state index contributed by atoms with van der Waals surface area (Å²) in [4.78, 5) is 6.86. The number of anilines is 2. The minimum absolute atomic E-state index is 0.142. The molecule has 3 aromatic rings. The summed E-state index contributed by atoms with van der Waals surface area (Å²) >= 11 is 0. The molecule has 1 atom stereocenters. The van der Waals surface area contributed by atoms with Crippen molar-refractivity contribution in [1.82, 2.24) is 15.2 Å². The van der Waals surface area contributed by atoms with Crippen LogP contribution in [0.1, 0.15) is 42.6 Å². The third kappa shape index (κ3) is 4.74. The second-order valence-corrected chi connectivity index (χ2v) is 8.65. The first-order chi connectivity index (χ1) is 15.9. The van der Waals surface area contributed by atoms with Crippen molar-refractivity contribution in [3.8, 4) is 0 Å². The van der Waals surface area contributed by atoms with E-state index < -0.39 is 6.11 Å². The van der Waals surface area contributed by atoms with Crippen molar-refractivity contribution in [2.45, 2.75) is 44.9 Å². The van der Waals surface area contributed by atoms with E-state index in [0.717, 1.165) is 35.4 Å². The minimum Gasteiger partial charge on any atom is -0.378 e. The van der Waals surface area contributed by atoms with Crippen LogP contribution in [0.4, 0.5) is 20.3 Å². The number of aryl methyl sites for hydroxylation is 1. The Morgan fingerprint density at radius 3 is 2.73 bits per heavy atom. The summed E-state index contributed by atoms with van der Waals surface area (Å²) in [5.74, 6) is 0.567. The zero-order valence-electron chi connectivity index (χ0n) is 18.7. The fourth-order valence-corrected chi connectivity index (χ4v) is 3.99. The van der Waals surface area contributed by atoms with Gasteiger partial charge in [-0.2, -0.15) is 13.9 Å². The van der Waals surface area contributed by atoms with Crippen LogP contribution >= 0.6 is 0 Å². The average Bonchev–Trinajstić information content (AvgIpc) is 3.64. The van der Waals surface area contributed by atoms with E-state index in [1.54, 1.807) is 6.07 Å². The van der Waals surface area contributed by atoms with Gasteiger partial charge >= 0.3 is 6.11 Å². The number of morpholine rings is 1. The van der Waals surface area contributed by atoms with Crippen LogP contribution < -0.4 is 10.2 Å². The molecule has 0 spiro atoms. The van der Waals surface area contributed by atoms with E-state index in [4.69, 9.17) is 9.47 Å². The molecule has 2 aliphatic rings. The highest BCUT2D eigenvalue weighted by molar-refractivity contribution is 5.92. The SMILES string of the molecule is Cc1nnc(N[C@H](C)c2cccc(C(F)(F)OC3CC3)c2)c2cc(N3CCOCC3)cnc12. The Morgan fingerprint density at radius 2 is 1.97 bits per heavy atom. The average molecular weight is 456 g/mol. The Bertz CT molecular complexity index is 1150. The van der Waals surface area contributed by atoms with Crippen LogP contribution in [-0.2, 0) is 15.6 Å². The van der Waals surface area contributed by atoms with Crippen LogP contribution in [0.3, 0.4) is 0 Å². The molecule has 0 unspecified atom stereocenters. The fourth-order valence-electron chi connectivity index (χ4n) is 3.99. The predicted molar refractivity (Wildman–Crippen MR) is 122 cm³/mol. The third-order valence-corrected chi connectivity index (χ3v) is 6.06. The lowest BCUT2D eigenvalue weighted by Crippen LogP contribution is -2.36. The lowest BCUT2D eigenvalue weighted by molar-refractivity contribution is -0.255. The van der Waals surface area contributed by atoms with Gasteiger partial charge in [-0.15, -0.1) is 5.10 Å². The van der Waals surface area contributed by atoms with Crippen LogP contribution in [0.25, 0.3) is 10.9 Å². The lowest BCUT2D eigenvalue weighted by atomic mass is 10.0. The maximum absolute atomic E-state index is 14.5. The van der Waals surface area contributed by atoms with Gasteiger partial charge < -0.3 is 19.7 Å². The molecule has 0 bridgehead atoms. The van der Waals surface area contributed by atoms with E-state index >= 15 is 0 Å². The minimum atomic E-state index is -3.30. The zero-order valence-corrected chi connectivity index (χ0v) is 18.7. The number of pyridine rings is 1. The van der Waals surface area contributed by atoms with Crippen LogP contribution in [0, 0.1) is 6.92 Å². The largest absolute Gasteiger partial charge is 0.383 e. The molecule has 5 rings (SSSR count). The van der Waals surface area contributed by atoms with Crippen molar-refractivity contribution in [3.63, 3.8) is 0 Å². The summed E-state index contributed by atoms with van der Waals surface area (Å²) in [6, 6.07) is 8.10. The molecule has 9 heteroatoms. The number of alkyl halides is 2. The zero-order chi connectivity index (χ0) is 23.0. The predicted octanol–water partition coefficient (Wildman–Crippen LogP) is 4.57. The number of fused-ring (bicyclic) bond motifs is 1. The van der Waals surface area contributed by atoms with Crippen LogP contribution in [0.2, 0.25) is 0 Å². The second kappa shape index (κ2) is 8.79. The Morgan fingerprint density at radius 1 is 1.18 bits per heavy atom. The maximum Gasteiger partial charge on any atom is 0.383 e. The van der Waals surface area contributed by atoms with Crippen molar-refractivity contribution in [2.24, 2.45) is 0 Å². The van der Waals surface area contributed by atoms with Gasteiger partial charge in [-0.05, 0) is 44.4 Å². The number of aromatic nitrogens is 3. The third-order valence-electron chi connectivity index (χ3n) is 6.06. The highest BCUT2D eigenvalue weighted by Crippen LogP contribution is 2.38. The standard InChI is InChI=1S/C24H27F2N5O2/c1-15(17-4-3-5-18(12-17)24(25,26)33-20-6-7-20)28-23-21-13-19(31-8-10-32-11-9-31)14-27-22(21)16(2)29-30-23/h3-5,12-15,20H,6-11H2,1-2H3,(H,28,30)/t15-/m1/s1. The summed E-state index contributed by atoms with van der Waals surface area (Å²) in [6.07, 6.45) is -0.424. The van der Waals surface area contributed by atoms with Crippen molar-refractivity contribution in [2.75, 3.05) is 36.5 Å². The Kier molecular flexibility index (Phi) is 5.84. The Hall–Kier alpha value is -2.91. The van der Waals surface area contributed by atoms with Gasteiger partial charge in [-0.25, -0.2) is 0 Å². The van der Waals surface area contributed by atoms with Crippen LogP contribution in [-0.4, -0.2) is 47.6 Å².